The van der Waals surface area contributed by atoms with Gasteiger partial charge in [-0.2, -0.15) is 9.57 Å². The van der Waals surface area contributed by atoms with E-state index in [4.69, 9.17) is 15.4 Å². The van der Waals surface area contributed by atoms with Gasteiger partial charge in [-0.1, -0.05) is 18.2 Å². The molecule has 0 atom stereocenters. The van der Waals surface area contributed by atoms with Crippen LogP contribution >= 0.6 is 0 Å². The maximum Gasteiger partial charge on any atom is 0.284 e. The number of para-hydroxylation sites is 1. The summed E-state index contributed by atoms with van der Waals surface area (Å²) >= 11 is 0. The lowest BCUT2D eigenvalue weighted by atomic mass is 10.2. The summed E-state index contributed by atoms with van der Waals surface area (Å²) in [5.74, 6) is -1.65. The first kappa shape index (κ1) is 24.9. The van der Waals surface area contributed by atoms with Gasteiger partial charge in [-0.05, 0) is 24.3 Å². The SMILES string of the molecule is N#CCCN(C(=O)CCC(=O)N1CCN(S(=O)(=O)c2ccc(C(N)=O)o2)CC1)c1ccccc1. The van der Waals surface area contributed by atoms with Crippen molar-refractivity contribution in [2.75, 3.05) is 37.6 Å². The van der Waals surface area contributed by atoms with Gasteiger partial charge in [0.05, 0.1) is 12.5 Å². The van der Waals surface area contributed by atoms with E-state index in [2.05, 4.69) is 0 Å². The van der Waals surface area contributed by atoms with Gasteiger partial charge >= 0.3 is 0 Å². The van der Waals surface area contributed by atoms with E-state index in [0.717, 1.165) is 0 Å². The Labute approximate surface area is 197 Å². The van der Waals surface area contributed by atoms with Crippen molar-refractivity contribution in [1.29, 1.82) is 5.26 Å². The molecule has 0 radical (unpaired) electrons. The van der Waals surface area contributed by atoms with Crippen LogP contribution in [0.2, 0.25) is 0 Å². The van der Waals surface area contributed by atoms with Crippen molar-refractivity contribution in [3.05, 3.63) is 48.2 Å². The molecule has 2 aromatic rings. The molecule has 1 fully saturated rings. The number of rotatable bonds is 9. The Morgan fingerprint density at radius 1 is 1.03 bits per heavy atom. The number of hydrogen-bond donors (Lipinski definition) is 1. The number of amides is 3. The van der Waals surface area contributed by atoms with Crippen molar-refractivity contribution in [1.82, 2.24) is 9.21 Å². The molecular formula is C22H25N5O6S. The number of nitrogens with two attached hydrogens (primary N) is 1. The van der Waals surface area contributed by atoms with Crippen LogP contribution in [-0.4, -0.2) is 68.1 Å². The Hall–Kier alpha value is -3.69. The summed E-state index contributed by atoms with van der Waals surface area (Å²) in [6.07, 6.45) is 0.114. The number of anilines is 1. The number of carbonyl (C=O) groups is 3. The molecule has 3 amide bonds. The lowest BCUT2D eigenvalue weighted by molar-refractivity contribution is -0.134. The van der Waals surface area contributed by atoms with E-state index in [9.17, 15) is 22.8 Å². The van der Waals surface area contributed by atoms with Crippen LogP contribution in [0.25, 0.3) is 0 Å². The first-order valence-electron chi connectivity index (χ1n) is 10.6. The number of hydrogen-bond acceptors (Lipinski definition) is 7. The average Bonchev–Trinajstić information content (AvgIpc) is 3.35. The molecule has 12 heteroatoms. The predicted molar refractivity (Wildman–Crippen MR) is 121 cm³/mol. The first-order valence-corrected chi connectivity index (χ1v) is 12.1. The van der Waals surface area contributed by atoms with Gasteiger partial charge < -0.3 is 20.0 Å². The molecule has 0 spiro atoms. The molecule has 1 aliphatic heterocycles. The van der Waals surface area contributed by atoms with E-state index in [-0.39, 0.29) is 74.7 Å². The molecule has 2 N–H and O–H groups in total. The molecular weight excluding hydrogens is 462 g/mol. The van der Waals surface area contributed by atoms with E-state index in [1.807, 2.05) is 12.1 Å². The molecule has 2 heterocycles. The van der Waals surface area contributed by atoms with Crippen molar-refractivity contribution in [2.45, 2.75) is 24.4 Å². The molecule has 180 valence electrons. The number of primary amides is 1. The minimum Gasteiger partial charge on any atom is -0.438 e. The summed E-state index contributed by atoms with van der Waals surface area (Å²) in [5.41, 5.74) is 5.76. The van der Waals surface area contributed by atoms with Crippen LogP contribution in [0.4, 0.5) is 5.69 Å². The lowest BCUT2D eigenvalue weighted by Crippen LogP contribution is -2.50. The van der Waals surface area contributed by atoms with E-state index >= 15 is 0 Å². The third-order valence-electron chi connectivity index (χ3n) is 5.38. The second-order valence-corrected chi connectivity index (χ2v) is 9.43. The fraction of sp³-hybridized carbons (Fsp3) is 0.364. The summed E-state index contributed by atoms with van der Waals surface area (Å²) in [6, 6.07) is 13.3. The quantitative estimate of drug-likeness (QED) is 0.551. The molecule has 0 saturated carbocycles. The Bertz CT molecular complexity index is 1180. The Morgan fingerprint density at radius 3 is 2.29 bits per heavy atom. The zero-order chi connectivity index (χ0) is 24.7. The van der Waals surface area contributed by atoms with Crippen molar-refractivity contribution in [3.8, 4) is 6.07 Å². The van der Waals surface area contributed by atoms with Crippen molar-refractivity contribution in [2.24, 2.45) is 5.73 Å². The van der Waals surface area contributed by atoms with Gasteiger partial charge in [0.2, 0.25) is 16.9 Å². The third-order valence-corrected chi connectivity index (χ3v) is 7.15. The highest BCUT2D eigenvalue weighted by Gasteiger charge is 2.32. The number of carbonyl (C=O) groups excluding carboxylic acids is 3. The second-order valence-electron chi connectivity index (χ2n) is 7.56. The van der Waals surface area contributed by atoms with Crippen LogP contribution in [0.15, 0.2) is 52.0 Å². The average molecular weight is 488 g/mol. The van der Waals surface area contributed by atoms with Gasteiger partial charge in [0.15, 0.2) is 5.76 Å². The summed E-state index contributed by atoms with van der Waals surface area (Å²) in [7, 11) is -3.97. The largest absolute Gasteiger partial charge is 0.438 e. The number of furan rings is 1. The number of nitriles is 1. The number of benzene rings is 1. The molecule has 1 aromatic heterocycles. The monoisotopic (exact) mass is 487 g/mol. The van der Waals surface area contributed by atoms with Crippen LogP contribution in [-0.2, 0) is 19.6 Å². The highest BCUT2D eigenvalue weighted by Crippen LogP contribution is 2.21. The third kappa shape index (κ3) is 5.81. The predicted octanol–water partition coefficient (Wildman–Crippen LogP) is 0.938. The highest BCUT2D eigenvalue weighted by molar-refractivity contribution is 7.89. The van der Waals surface area contributed by atoms with Gasteiger partial charge in [-0.15, -0.1) is 0 Å². The van der Waals surface area contributed by atoms with Crippen LogP contribution in [0.1, 0.15) is 29.8 Å². The molecule has 0 aliphatic carbocycles. The Balaban J connectivity index is 1.54. The summed E-state index contributed by atoms with van der Waals surface area (Å²) < 4.78 is 31.6. The topological polar surface area (TPSA) is 158 Å². The Morgan fingerprint density at radius 2 is 1.71 bits per heavy atom. The molecule has 34 heavy (non-hydrogen) atoms. The number of nitrogens with zero attached hydrogens (tertiary/aromatic N) is 4. The van der Waals surface area contributed by atoms with Crippen LogP contribution in [0, 0.1) is 11.3 Å². The second kappa shape index (κ2) is 11.0. The summed E-state index contributed by atoms with van der Waals surface area (Å²) in [6.45, 7) is 0.646. The van der Waals surface area contributed by atoms with Crippen molar-refractivity contribution in [3.63, 3.8) is 0 Å². The van der Waals surface area contributed by atoms with Crippen molar-refractivity contribution >= 4 is 33.4 Å². The van der Waals surface area contributed by atoms with Gasteiger partial charge in [-0.25, -0.2) is 8.42 Å². The molecule has 0 unspecified atom stereocenters. The standard InChI is InChI=1S/C22H25N5O6S/c23-11-4-12-27(17-5-2-1-3-6-17)20(29)9-8-19(28)25-13-15-26(16-14-25)34(31,32)21-10-7-18(33-21)22(24)30/h1-3,5-7,10H,4,8-9,12-16H2,(H2,24,30). The highest BCUT2D eigenvalue weighted by atomic mass is 32.2. The maximum atomic E-state index is 12.7. The molecule has 1 aromatic carbocycles. The van der Waals surface area contributed by atoms with Crippen LogP contribution in [0.3, 0.4) is 0 Å². The maximum absolute atomic E-state index is 12.7. The molecule has 1 aliphatic rings. The molecule has 0 bridgehead atoms. The van der Waals surface area contributed by atoms with Gasteiger partial charge in [0, 0.05) is 51.3 Å². The summed E-state index contributed by atoms with van der Waals surface area (Å²) in [4.78, 5) is 39.5. The van der Waals surface area contributed by atoms with Crippen LogP contribution < -0.4 is 10.6 Å². The Kier molecular flexibility index (Phi) is 8.04. The lowest BCUT2D eigenvalue weighted by Gasteiger charge is -2.33. The fourth-order valence-corrected chi connectivity index (χ4v) is 4.90. The van der Waals surface area contributed by atoms with Gasteiger partial charge in [-0.3, -0.25) is 14.4 Å². The van der Waals surface area contributed by atoms with Crippen LogP contribution in [0.5, 0.6) is 0 Å². The molecule has 3 rings (SSSR count). The smallest absolute Gasteiger partial charge is 0.284 e. The van der Waals surface area contributed by atoms with Crippen molar-refractivity contribution < 1.29 is 27.2 Å². The molecule has 11 nitrogen and oxygen atoms in total. The summed E-state index contributed by atoms with van der Waals surface area (Å²) in [5, 5.41) is 8.50. The van der Waals surface area contributed by atoms with Gasteiger partial charge in [0.25, 0.3) is 15.9 Å². The normalized spacial score (nSPS) is 14.4. The zero-order valence-electron chi connectivity index (χ0n) is 18.4. The molecule has 1 saturated heterocycles. The minimum absolute atomic E-state index is 0.0262. The zero-order valence-corrected chi connectivity index (χ0v) is 19.2. The first-order chi connectivity index (χ1) is 16.2. The fourth-order valence-electron chi connectivity index (χ4n) is 3.57. The van der Waals surface area contributed by atoms with E-state index in [1.54, 1.807) is 24.3 Å². The number of piperazine rings is 1. The minimum atomic E-state index is -3.97. The van der Waals surface area contributed by atoms with E-state index in [0.29, 0.717) is 5.69 Å². The van der Waals surface area contributed by atoms with E-state index in [1.165, 1.54) is 26.2 Å². The number of sulfonamides is 1. The van der Waals surface area contributed by atoms with Gasteiger partial charge in [0.1, 0.15) is 0 Å². The van der Waals surface area contributed by atoms with E-state index < -0.39 is 15.9 Å².